The molecule has 2 aliphatic heterocycles. The van der Waals surface area contributed by atoms with Gasteiger partial charge < -0.3 is 9.64 Å². The molecule has 0 bridgehead atoms. The van der Waals surface area contributed by atoms with Crippen molar-refractivity contribution < 1.29 is 19.1 Å². The van der Waals surface area contributed by atoms with Crippen molar-refractivity contribution in [3.05, 3.63) is 39.2 Å². The average Bonchev–Trinajstić information content (AvgIpc) is 2.83. The van der Waals surface area contributed by atoms with E-state index in [1.165, 1.54) is 0 Å². The molecular weight excluding hydrogens is 396 g/mol. The predicted molar refractivity (Wildman–Crippen MR) is 94.2 cm³/mol. The molecular formula is C16H15BrN2O4S. The second kappa shape index (κ2) is 7.50. The molecule has 0 radical (unpaired) electrons. The van der Waals surface area contributed by atoms with Crippen molar-refractivity contribution in [2.45, 2.75) is 0 Å². The highest BCUT2D eigenvalue weighted by Gasteiger charge is 2.37. The number of thioether (sulfide) groups is 1. The van der Waals surface area contributed by atoms with Crippen molar-refractivity contribution in [2.75, 3.05) is 32.8 Å². The first-order chi connectivity index (χ1) is 11.5. The summed E-state index contributed by atoms with van der Waals surface area (Å²) >= 11 is 4.23. The van der Waals surface area contributed by atoms with E-state index in [-0.39, 0.29) is 12.5 Å². The highest BCUT2D eigenvalue weighted by molar-refractivity contribution is 9.10. The van der Waals surface area contributed by atoms with Crippen molar-refractivity contribution in [3.63, 3.8) is 0 Å². The van der Waals surface area contributed by atoms with Crippen LogP contribution in [0.4, 0.5) is 4.79 Å². The van der Waals surface area contributed by atoms with Crippen LogP contribution < -0.4 is 0 Å². The van der Waals surface area contributed by atoms with Gasteiger partial charge in [-0.3, -0.25) is 19.3 Å². The Bertz CT molecular complexity index is 716. The summed E-state index contributed by atoms with van der Waals surface area (Å²) < 4.78 is 6.08. The Morgan fingerprint density at radius 1 is 1.29 bits per heavy atom. The summed E-state index contributed by atoms with van der Waals surface area (Å²) in [4.78, 5) is 39.7. The normalized spacial score (nSPS) is 20.1. The highest BCUT2D eigenvalue weighted by atomic mass is 79.9. The zero-order valence-electron chi connectivity index (χ0n) is 12.7. The zero-order valence-corrected chi connectivity index (χ0v) is 15.1. The van der Waals surface area contributed by atoms with Crippen molar-refractivity contribution in [2.24, 2.45) is 0 Å². The number of amides is 3. The summed E-state index contributed by atoms with van der Waals surface area (Å²) in [5, 5.41) is -0.414. The van der Waals surface area contributed by atoms with Gasteiger partial charge in [-0.25, -0.2) is 0 Å². The zero-order chi connectivity index (χ0) is 17.1. The highest BCUT2D eigenvalue weighted by Crippen LogP contribution is 2.32. The Balaban J connectivity index is 1.71. The smallest absolute Gasteiger partial charge is 0.294 e. The molecule has 2 saturated heterocycles. The number of benzene rings is 1. The lowest BCUT2D eigenvalue weighted by atomic mass is 10.2. The van der Waals surface area contributed by atoms with Gasteiger partial charge in [0.1, 0.15) is 6.54 Å². The fourth-order valence-electron chi connectivity index (χ4n) is 2.43. The Hall–Kier alpha value is -1.64. The molecule has 2 heterocycles. The molecule has 1 aromatic rings. The van der Waals surface area contributed by atoms with Gasteiger partial charge >= 0.3 is 0 Å². The molecule has 0 atom stereocenters. The molecule has 2 fully saturated rings. The van der Waals surface area contributed by atoms with E-state index in [1.54, 1.807) is 11.0 Å². The van der Waals surface area contributed by atoms with Crippen LogP contribution in [0.5, 0.6) is 0 Å². The second-order valence-corrected chi connectivity index (χ2v) is 7.22. The quantitative estimate of drug-likeness (QED) is 0.715. The lowest BCUT2D eigenvalue weighted by molar-refractivity contribution is -0.139. The van der Waals surface area contributed by atoms with E-state index in [1.807, 2.05) is 24.3 Å². The summed E-state index contributed by atoms with van der Waals surface area (Å²) in [5.74, 6) is -0.657. The molecule has 2 aliphatic rings. The number of hydrogen-bond acceptors (Lipinski definition) is 5. The maximum absolute atomic E-state index is 12.4. The van der Waals surface area contributed by atoms with Crippen molar-refractivity contribution >= 4 is 50.8 Å². The molecule has 0 aromatic heterocycles. The first-order valence-corrected chi connectivity index (χ1v) is 9.02. The van der Waals surface area contributed by atoms with Gasteiger partial charge in [-0.1, -0.05) is 28.1 Å². The van der Waals surface area contributed by atoms with Gasteiger partial charge in [-0.15, -0.1) is 0 Å². The predicted octanol–water partition coefficient (Wildman–Crippen LogP) is 2.34. The van der Waals surface area contributed by atoms with Crippen LogP contribution in [0, 0.1) is 0 Å². The van der Waals surface area contributed by atoms with Crippen LogP contribution in [0.1, 0.15) is 5.56 Å². The van der Waals surface area contributed by atoms with Gasteiger partial charge in [-0.05, 0) is 35.5 Å². The lowest BCUT2D eigenvalue weighted by Gasteiger charge is -2.28. The summed E-state index contributed by atoms with van der Waals surface area (Å²) in [6.07, 6.45) is 1.66. The molecule has 8 heteroatoms. The first kappa shape index (κ1) is 17.2. The number of halogens is 1. The van der Waals surface area contributed by atoms with Crippen molar-refractivity contribution in [3.8, 4) is 0 Å². The molecule has 0 spiro atoms. The summed E-state index contributed by atoms with van der Waals surface area (Å²) in [7, 11) is 0. The fourth-order valence-corrected chi connectivity index (χ4v) is 3.69. The van der Waals surface area contributed by atoms with Crippen LogP contribution in [0.3, 0.4) is 0 Å². The molecule has 126 valence electrons. The maximum atomic E-state index is 12.4. The standard InChI is InChI=1S/C16H15BrN2O4S/c17-12-3-1-2-11(8-12)9-13-15(21)19(16(22)24-13)10-14(20)18-4-6-23-7-5-18/h1-3,8-9H,4-7,10H2. The van der Waals surface area contributed by atoms with Crippen molar-refractivity contribution in [1.29, 1.82) is 0 Å². The monoisotopic (exact) mass is 410 g/mol. The number of hydrogen-bond donors (Lipinski definition) is 0. The summed E-state index contributed by atoms with van der Waals surface area (Å²) in [5.41, 5.74) is 0.814. The number of carbonyl (C=O) groups is 3. The van der Waals surface area contributed by atoms with E-state index in [0.29, 0.717) is 31.2 Å². The number of ether oxygens (including phenoxy) is 1. The van der Waals surface area contributed by atoms with Crippen LogP contribution in [0.15, 0.2) is 33.6 Å². The van der Waals surface area contributed by atoms with Gasteiger partial charge in [0.05, 0.1) is 18.1 Å². The molecule has 24 heavy (non-hydrogen) atoms. The average molecular weight is 411 g/mol. The SMILES string of the molecule is O=C(CN1C(=O)SC(=Cc2cccc(Br)c2)C1=O)N1CCOCC1. The number of nitrogens with zero attached hydrogens (tertiary/aromatic N) is 2. The Kier molecular flexibility index (Phi) is 5.37. The van der Waals surface area contributed by atoms with Crippen LogP contribution in [-0.4, -0.2) is 59.7 Å². The van der Waals surface area contributed by atoms with Crippen molar-refractivity contribution in [1.82, 2.24) is 9.80 Å². The number of morpholine rings is 1. The van der Waals surface area contributed by atoms with E-state index in [9.17, 15) is 14.4 Å². The van der Waals surface area contributed by atoms with E-state index in [0.717, 1.165) is 26.7 Å². The summed E-state index contributed by atoms with van der Waals surface area (Å²) in [6.45, 7) is 1.72. The van der Waals surface area contributed by atoms with Crippen LogP contribution in [-0.2, 0) is 14.3 Å². The van der Waals surface area contributed by atoms with E-state index < -0.39 is 11.1 Å². The van der Waals surface area contributed by atoms with Gasteiger partial charge in [0, 0.05) is 17.6 Å². The van der Waals surface area contributed by atoms with Gasteiger partial charge in [0.2, 0.25) is 5.91 Å². The van der Waals surface area contributed by atoms with Gasteiger partial charge in [0.15, 0.2) is 0 Å². The van der Waals surface area contributed by atoms with Crippen LogP contribution >= 0.6 is 27.7 Å². The molecule has 0 N–H and O–H groups in total. The third kappa shape index (κ3) is 3.88. The summed E-state index contributed by atoms with van der Waals surface area (Å²) in [6, 6.07) is 7.43. The Morgan fingerprint density at radius 3 is 2.75 bits per heavy atom. The Labute approximate surface area is 151 Å². The molecule has 0 unspecified atom stereocenters. The fraction of sp³-hybridized carbons (Fsp3) is 0.312. The topological polar surface area (TPSA) is 66.9 Å². The number of imide groups is 1. The number of carbonyl (C=O) groups excluding carboxylic acids is 3. The molecule has 3 rings (SSSR count). The number of rotatable bonds is 3. The minimum atomic E-state index is -0.424. The first-order valence-electron chi connectivity index (χ1n) is 7.41. The van der Waals surface area contributed by atoms with Gasteiger partial charge in [-0.2, -0.15) is 0 Å². The lowest BCUT2D eigenvalue weighted by Crippen LogP contribution is -2.46. The van der Waals surface area contributed by atoms with Crippen LogP contribution in [0.25, 0.3) is 6.08 Å². The molecule has 0 saturated carbocycles. The van der Waals surface area contributed by atoms with E-state index in [4.69, 9.17) is 4.74 Å². The Morgan fingerprint density at radius 2 is 2.04 bits per heavy atom. The molecule has 6 nitrogen and oxygen atoms in total. The second-order valence-electron chi connectivity index (χ2n) is 5.32. The minimum Gasteiger partial charge on any atom is -0.378 e. The minimum absolute atomic E-state index is 0.222. The van der Waals surface area contributed by atoms with E-state index in [2.05, 4.69) is 15.9 Å². The maximum Gasteiger partial charge on any atom is 0.294 e. The molecule has 3 amide bonds. The largest absolute Gasteiger partial charge is 0.378 e. The van der Waals surface area contributed by atoms with Crippen LogP contribution in [0.2, 0.25) is 0 Å². The third-order valence-corrected chi connectivity index (χ3v) is 5.08. The van der Waals surface area contributed by atoms with Gasteiger partial charge in [0.25, 0.3) is 11.1 Å². The molecule has 1 aromatic carbocycles. The molecule has 0 aliphatic carbocycles. The van der Waals surface area contributed by atoms with E-state index >= 15 is 0 Å². The third-order valence-electron chi connectivity index (χ3n) is 3.68.